The van der Waals surface area contributed by atoms with E-state index < -0.39 is 0 Å². The first-order valence-electron chi connectivity index (χ1n) is 6.53. The molecule has 3 heteroatoms. The second-order valence-corrected chi connectivity index (χ2v) is 4.74. The van der Waals surface area contributed by atoms with Crippen molar-refractivity contribution in [1.29, 1.82) is 0 Å². The summed E-state index contributed by atoms with van der Waals surface area (Å²) < 4.78 is 0. The van der Waals surface area contributed by atoms with Gasteiger partial charge in [0.2, 0.25) is 5.91 Å². The maximum absolute atomic E-state index is 12.0. The Bertz CT molecular complexity index is 204. The van der Waals surface area contributed by atoms with Crippen molar-refractivity contribution >= 4 is 5.91 Å². The maximum Gasteiger partial charge on any atom is 0.237 e. The van der Waals surface area contributed by atoms with Gasteiger partial charge in [0.15, 0.2) is 0 Å². The van der Waals surface area contributed by atoms with Gasteiger partial charge in [-0.15, -0.1) is 0 Å². The Hall–Kier alpha value is -0.570. The Labute approximate surface area is 100 Å². The van der Waals surface area contributed by atoms with Crippen LogP contribution in [0, 0.1) is 5.92 Å². The van der Waals surface area contributed by atoms with Crippen LogP contribution in [-0.2, 0) is 4.79 Å². The zero-order valence-corrected chi connectivity index (χ0v) is 11.5. The Kier molecular flexibility index (Phi) is 6.65. The maximum atomic E-state index is 12.0. The molecule has 16 heavy (non-hydrogen) atoms. The van der Waals surface area contributed by atoms with E-state index >= 15 is 0 Å². The highest BCUT2D eigenvalue weighted by atomic mass is 16.2. The third-order valence-corrected chi connectivity index (χ3v) is 3.98. The zero-order valence-electron chi connectivity index (χ0n) is 11.5. The van der Waals surface area contributed by atoms with Crippen LogP contribution in [0.3, 0.4) is 0 Å². The molecular formula is C13H28N2O. The standard InChI is InChI=1S/C13H28N2O/c1-6-10(5)11(14)12(16)15-13(7-2,8-3)9-4/h10-11H,6-9,14H2,1-5H3,(H,15,16)/t10-,11-/m0/s1. The first-order valence-corrected chi connectivity index (χ1v) is 6.53. The van der Waals surface area contributed by atoms with Crippen LogP contribution in [0.2, 0.25) is 0 Å². The molecule has 96 valence electrons. The number of amides is 1. The van der Waals surface area contributed by atoms with Gasteiger partial charge in [-0.25, -0.2) is 0 Å². The third-order valence-electron chi connectivity index (χ3n) is 3.98. The predicted octanol–water partition coefficient (Wildman–Crippen LogP) is 2.44. The number of nitrogens with one attached hydrogen (secondary N) is 1. The van der Waals surface area contributed by atoms with Crippen LogP contribution in [0.5, 0.6) is 0 Å². The van der Waals surface area contributed by atoms with Crippen LogP contribution in [0.25, 0.3) is 0 Å². The lowest BCUT2D eigenvalue weighted by Crippen LogP contribution is -2.54. The summed E-state index contributed by atoms with van der Waals surface area (Å²) in [5, 5.41) is 3.13. The summed E-state index contributed by atoms with van der Waals surface area (Å²) in [4.78, 5) is 12.0. The Morgan fingerprint density at radius 1 is 1.19 bits per heavy atom. The lowest BCUT2D eigenvalue weighted by molar-refractivity contribution is -0.125. The number of hydrogen-bond acceptors (Lipinski definition) is 2. The van der Waals surface area contributed by atoms with E-state index in [1.165, 1.54) is 0 Å². The first-order chi connectivity index (χ1) is 7.46. The number of rotatable bonds is 7. The van der Waals surface area contributed by atoms with Gasteiger partial charge < -0.3 is 11.1 Å². The van der Waals surface area contributed by atoms with E-state index in [9.17, 15) is 4.79 Å². The van der Waals surface area contributed by atoms with Crippen LogP contribution in [0.1, 0.15) is 60.3 Å². The SMILES string of the molecule is CC[C@H](C)[C@H](N)C(=O)NC(CC)(CC)CC. The zero-order chi connectivity index (χ0) is 12.8. The second-order valence-electron chi connectivity index (χ2n) is 4.74. The molecule has 0 heterocycles. The number of hydrogen-bond donors (Lipinski definition) is 2. The smallest absolute Gasteiger partial charge is 0.237 e. The number of nitrogens with two attached hydrogens (primary N) is 1. The molecule has 0 spiro atoms. The highest BCUT2D eigenvalue weighted by Crippen LogP contribution is 2.20. The van der Waals surface area contributed by atoms with Crippen LogP contribution in [-0.4, -0.2) is 17.5 Å². The predicted molar refractivity (Wildman–Crippen MR) is 69.2 cm³/mol. The molecule has 3 N–H and O–H groups in total. The topological polar surface area (TPSA) is 55.1 Å². The fraction of sp³-hybridized carbons (Fsp3) is 0.923. The molecule has 2 atom stereocenters. The lowest BCUT2D eigenvalue weighted by Gasteiger charge is -2.33. The molecule has 0 aliphatic carbocycles. The molecule has 0 aromatic carbocycles. The number of carbonyl (C=O) groups excluding carboxylic acids is 1. The van der Waals surface area contributed by atoms with Gasteiger partial charge in [-0.2, -0.15) is 0 Å². The first kappa shape index (κ1) is 15.4. The summed E-state index contributed by atoms with van der Waals surface area (Å²) in [6, 6.07) is -0.381. The summed E-state index contributed by atoms with van der Waals surface area (Å²) in [6.45, 7) is 10.4. The monoisotopic (exact) mass is 228 g/mol. The second kappa shape index (κ2) is 6.89. The fourth-order valence-corrected chi connectivity index (χ4v) is 1.87. The quantitative estimate of drug-likeness (QED) is 0.703. The van der Waals surface area contributed by atoms with Gasteiger partial charge >= 0.3 is 0 Å². The van der Waals surface area contributed by atoms with Crippen LogP contribution >= 0.6 is 0 Å². The summed E-state index contributed by atoms with van der Waals surface area (Å²) in [6.07, 6.45) is 3.81. The van der Waals surface area contributed by atoms with Gasteiger partial charge in [-0.05, 0) is 25.2 Å². The van der Waals surface area contributed by atoms with E-state index in [1.54, 1.807) is 0 Å². The molecule has 0 aromatic heterocycles. The van der Waals surface area contributed by atoms with Gasteiger partial charge in [0.1, 0.15) is 0 Å². The summed E-state index contributed by atoms with van der Waals surface area (Å²) in [7, 11) is 0. The van der Waals surface area contributed by atoms with Gasteiger partial charge in [0.25, 0.3) is 0 Å². The summed E-state index contributed by atoms with van der Waals surface area (Å²) >= 11 is 0. The Morgan fingerprint density at radius 2 is 1.62 bits per heavy atom. The molecule has 1 amide bonds. The average molecular weight is 228 g/mol. The van der Waals surface area contributed by atoms with E-state index in [1.807, 2.05) is 6.92 Å². The van der Waals surface area contributed by atoms with Crippen molar-refractivity contribution in [3.05, 3.63) is 0 Å². The van der Waals surface area contributed by atoms with Crippen molar-refractivity contribution in [2.75, 3.05) is 0 Å². The van der Waals surface area contributed by atoms with E-state index in [0.29, 0.717) is 0 Å². The molecule has 0 aliphatic rings. The molecule has 0 unspecified atom stereocenters. The van der Waals surface area contributed by atoms with E-state index in [4.69, 9.17) is 5.73 Å². The van der Waals surface area contributed by atoms with E-state index in [2.05, 4.69) is 33.0 Å². The minimum Gasteiger partial charge on any atom is -0.349 e. The van der Waals surface area contributed by atoms with Gasteiger partial charge in [-0.1, -0.05) is 41.0 Å². The molecule has 0 aliphatic heterocycles. The van der Waals surface area contributed by atoms with Crippen molar-refractivity contribution in [3.8, 4) is 0 Å². The molecule has 0 rings (SSSR count). The number of carbonyl (C=O) groups is 1. The van der Waals surface area contributed by atoms with Crippen LogP contribution in [0.15, 0.2) is 0 Å². The van der Waals surface area contributed by atoms with E-state index in [-0.39, 0.29) is 23.4 Å². The highest BCUT2D eigenvalue weighted by Gasteiger charge is 2.29. The molecule has 0 bridgehead atoms. The fourth-order valence-electron chi connectivity index (χ4n) is 1.87. The average Bonchev–Trinajstić information content (AvgIpc) is 2.33. The van der Waals surface area contributed by atoms with Crippen molar-refractivity contribution < 1.29 is 4.79 Å². The Morgan fingerprint density at radius 3 is 1.94 bits per heavy atom. The van der Waals surface area contributed by atoms with Crippen molar-refractivity contribution in [3.63, 3.8) is 0 Å². The Balaban J connectivity index is 4.52. The van der Waals surface area contributed by atoms with Crippen molar-refractivity contribution in [2.24, 2.45) is 11.7 Å². The molecule has 3 nitrogen and oxygen atoms in total. The minimum absolute atomic E-state index is 0.0000926. The van der Waals surface area contributed by atoms with Crippen molar-refractivity contribution in [1.82, 2.24) is 5.32 Å². The summed E-state index contributed by atoms with van der Waals surface area (Å²) in [5.41, 5.74) is 5.86. The normalized spacial score (nSPS) is 15.6. The largest absolute Gasteiger partial charge is 0.349 e. The van der Waals surface area contributed by atoms with E-state index in [0.717, 1.165) is 25.7 Å². The van der Waals surface area contributed by atoms with Gasteiger partial charge in [0.05, 0.1) is 6.04 Å². The lowest BCUT2D eigenvalue weighted by atomic mass is 9.88. The highest BCUT2D eigenvalue weighted by molar-refractivity contribution is 5.82. The van der Waals surface area contributed by atoms with Crippen LogP contribution in [0.4, 0.5) is 0 Å². The van der Waals surface area contributed by atoms with Gasteiger partial charge in [-0.3, -0.25) is 4.79 Å². The molecule has 0 saturated carbocycles. The molecule has 0 fully saturated rings. The van der Waals surface area contributed by atoms with Gasteiger partial charge in [0, 0.05) is 5.54 Å². The summed E-state index contributed by atoms with van der Waals surface area (Å²) in [5.74, 6) is 0.239. The van der Waals surface area contributed by atoms with Crippen LogP contribution < -0.4 is 11.1 Å². The minimum atomic E-state index is -0.381. The molecular weight excluding hydrogens is 200 g/mol. The molecule has 0 saturated heterocycles. The third kappa shape index (κ3) is 3.78. The molecule has 0 radical (unpaired) electrons. The molecule has 0 aromatic rings. The van der Waals surface area contributed by atoms with Crippen molar-refractivity contribution in [2.45, 2.75) is 71.9 Å².